The van der Waals surface area contributed by atoms with E-state index in [1.807, 2.05) is 0 Å². The van der Waals surface area contributed by atoms with Gasteiger partial charge in [-0.1, -0.05) is 0 Å². The van der Waals surface area contributed by atoms with Gasteiger partial charge in [0.05, 0.1) is 6.61 Å². The molecule has 0 fully saturated rings. The van der Waals surface area contributed by atoms with E-state index >= 15 is 0 Å². The lowest BCUT2D eigenvalue weighted by Gasteiger charge is -1.99. The van der Waals surface area contributed by atoms with Crippen LogP contribution in [0.3, 0.4) is 0 Å². The topological polar surface area (TPSA) is 79.1 Å². The standard InChI is InChI=1S/C10H11NO4.ClH/c1-2-15-10(14)6-11-8-4-3-7(12)5-9(8)13;/h3-6,12-13H,2H2,1H3;1H. The van der Waals surface area contributed by atoms with Crippen molar-refractivity contribution in [1.29, 1.82) is 0 Å². The van der Waals surface area contributed by atoms with E-state index in [4.69, 9.17) is 5.11 Å². The Morgan fingerprint density at radius 1 is 1.50 bits per heavy atom. The highest BCUT2D eigenvalue weighted by Crippen LogP contribution is 2.29. The van der Waals surface area contributed by atoms with E-state index in [9.17, 15) is 9.90 Å². The van der Waals surface area contributed by atoms with Gasteiger partial charge in [-0.05, 0) is 19.1 Å². The van der Waals surface area contributed by atoms with Gasteiger partial charge in [0.25, 0.3) is 0 Å². The summed E-state index contributed by atoms with van der Waals surface area (Å²) in [5.41, 5.74) is 0.195. The van der Waals surface area contributed by atoms with E-state index in [2.05, 4.69) is 9.73 Å². The molecule has 0 aliphatic rings. The molecule has 0 spiro atoms. The lowest BCUT2D eigenvalue weighted by atomic mass is 10.3. The number of phenolic OH excluding ortho intramolecular Hbond substituents is 2. The number of aliphatic imine (C=N–C) groups is 1. The van der Waals surface area contributed by atoms with Crippen LogP contribution in [0.1, 0.15) is 6.92 Å². The maximum absolute atomic E-state index is 10.9. The summed E-state index contributed by atoms with van der Waals surface area (Å²) in [5, 5.41) is 18.3. The van der Waals surface area contributed by atoms with Crippen LogP contribution in [0.25, 0.3) is 0 Å². The normalized spacial score (nSPS) is 9.81. The summed E-state index contributed by atoms with van der Waals surface area (Å²) in [6.45, 7) is 1.95. The summed E-state index contributed by atoms with van der Waals surface area (Å²) in [6, 6.07) is 3.88. The maximum atomic E-state index is 10.9. The highest BCUT2D eigenvalue weighted by molar-refractivity contribution is 6.23. The lowest BCUT2D eigenvalue weighted by Crippen LogP contribution is -2.04. The second kappa shape index (κ2) is 6.68. The molecule has 1 aromatic carbocycles. The molecule has 0 atom stereocenters. The molecule has 0 saturated heterocycles. The molecule has 0 saturated carbocycles. The van der Waals surface area contributed by atoms with Crippen molar-refractivity contribution in [3.8, 4) is 11.5 Å². The zero-order valence-electron chi connectivity index (χ0n) is 8.58. The third-order valence-electron chi connectivity index (χ3n) is 1.55. The van der Waals surface area contributed by atoms with Gasteiger partial charge in [-0.2, -0.15) is 0 Å². The molecule has 0 aromatic heterocycles. The van der Waals surface area contributed by atoms with Crippen molar-refractivity contribution in [3.63, 3.8) is 0 Å². The third kappa shape index (κ3) is 4.18. The predicted molar refractivity (Wildman–Crippen MR) is 61.8 cm³/mol. The van der Waals surface area contributed by atoms with Gasteiger partial charge in [0.1, 0.15) is 23.4 Å². The average Bonchev–Trinajstić information content (AvgIpc) is 2.17. The molecule has 1 aromatic rings. The number of hydrogen-bond donors (Lipinski definition) is 2. The van der Waals surface area contributed by atoms with Crippen molar-refractivity contribution in [2.75, 3.05) is 6.61 Å². The van der Waals surface area contributed by atoms with Gasteiger partial charge < -0.3 is 14.9 Å². The van der Waals surface area contributed by atoms with Crippen molar-refractivity contribution in [2.24, 2.45) is 4.99 Å². The number of esters is 1. The van der Waals surface area contributed by atoms with E-state index in [1.54, 1.807) is 6.92 Å². The smallest absolute Gasteiger partial charge is 0.349 e. The molecule has 6 heteroatoms. The Labute approximate surface area is 98.8 Å². The summed E-state index contributed by atoms with van der Waals surface area (Å²) in [6.07, 6.45) is 0.968. The molecule has 0 aliphatic heterocycles. The zero-order chi connectivity index (χ0) is 11.3. The van der Waals surface area contributed by atoms with Crippen LogP contribution in [0, 0.1) is 0 Å². The zero-order valence-corrected chi connectivity index (χ0v) is 9.40. The summed E-state index contributed by atoms with van der Waals surface area (Å²) >= 11 is 0. The van der Waals surface area contributed by atoms with E-state index in [0.717, 1.165) is 12.3 Å². The molecule has 2 N–H and O–H groups in total. The highest BCUT2D eigenvalue weighted by Gasteiger charge is 2.01. The summed E-state index contributed by atoms with van der Waals surface area (Å²) in [4.78, 5) is 14.6. The van der Waals surface area contributed by atoms with Crippen molar-refractivity contribution in [1.82, 2.24) is 0 Å². The van der Waals surface area contributed by atoms with Crippen LogP contribution in [0.15, 0.2) is 23.2 Å². The average molecular weight is 246 g/mol. The molecule has 0 aliphatic carbocycles. The summed E-state index contributed by atoms with van der Waals surface area (Å²) in [7, 11) is 0. The Balaban J connectivity index is 0.00000225. The number of carbonyl (C=O) groups is 1. The number of nitrogens with zero attached hydrogens (tertiary/aromatic N) is 1. The number of hydrogen-bond acceptors (Lipinski definition) is 5. The van der Waals surface area contributed by atoms with Gasteiger partial charge in [0.15, 0.2) is 0 Å². The van der Waals surface area contributed by atoms with Crippen LogP contribution in [-0.4, -0.2) is 29.0 Å². The van der Waals surface area contributed by atoms with Crippen molar-refractivity contribution < 1.29 is 19.7 Å². The van der Waals surface area contributed by atoms with Crippen LogP contribution in [-0.2, 0) is 9.53 Å². The van der Waals surface area contributed by atoms with Gasteiger partial charge in [-0.15, -0.1) is 12.4 Å². The van der Waals surface area contributed by atoms with Crippen molar-refractivity contribution in [2.45, 2.75) is 6.92 Å². The molecular formula is C10H12ClNO4. The molecular weight excluding hydrogens is 234 g/mol. The van der Waals surface area contributed by atoms with E-state index in [-0.39, 0.29) is 36.2 Å². The van der Waals surface area contributed by atoms with Crippen molar-refractivity contribution >= 4 is 30.3 Å². The lowest BCUT2D eigenvalue weighted by molar-refractivity contribution is -0.134. The fraction of sp³-hybridized carbons (Fsp3) is 0.200. The Morgan fingerprint density at radius 3 is 2.75 bits per heavy atom. The van der Waals surface area contributed by atoms with Crippen LogP contribution in [0.5, 0.6) is 11.5 Å². The summed E-state index contributed by atoms with van der Waals surface area (Å²) < 4.78 is 4.61. The first-order chi connectivity index (χ1) is 7.13. The van der Waals surface area contributed by atoms with Crippen molar-refractivity contribution in [3.05, 3.63) is 18.2 Å². The fourth-order valence-electron chi connectivity index (χ4n) is 0.923. The number of ether oxygens (including phenoxy) is 1. The number of phenols is 2. The van der Waals surface area contributed by atoms with Crippen LogP contribution >= 0.6 is 12.4 Å². The van der Waals surface area contributed by atoms with Gasteiger partial charge in [-0.3, -0.25) is 0 Å². The quantitative estimate of drug-likeness (QED) is 0.629. The minimum atomic E-state index is -0.579. The third-order valence-corrected chi connectivity index (χ3v) is 1.55. The number of carbonyl (C=O) groups excluding carboxylic acids is 1. The monoisotopic (exact) mass is 245 g/mol. The number of aromatic hydroxyl groups is 2. The molecule has 1 rings (SSSR count). The first-order valence-electron chi connectivity index (χ1n) is 4.36. The molecule has 0 heterocycles. The Morgan fingerprint density at radius 2 is 2.19 bits per heavy atom. The Hall–Kier alpha value is -1.75. The Bertz CT molecular complexity index is 392. The minimum absolute atomic E-state index is 0. The predicted octanol–water partition coefficient (Wildman–Crippen LogP) is 1.79. The Kier molecular flexibility index (Phi) is 5.95. The minimum Gasteiger partial charge on any atom is -0.508 e. The number of halogens is 1. The van der Waals surface area contributed by atoms with E-state index in [0.29, 0.717) is 0 Å². The molecule has 0 unspecified atom stereocenters. The first-order valence-corrected chi connectivity index (χ1v) is 4.36. The van der Waals surface area contributed by atoms with Gasteiger partial charge in [0, 0.05) is 6.07 Å². The van der Waals surface area contributed by atoms with Crippen LogP contribution < -0.4 is 0 Å². The molecule has 0 radical (unpaired) electrons. The van der Waals surface area contributed by atoms with Crippen LogP contribution in [0.4, 0.5) is 5.69 Å². The first kappa shape index (κ1) is 14.2. The van der Waals surface area contributed by atoms with Gasteiger partial charge >= 0.3 is 5.97 Å². The highest BCUT2D eigenvalue weighted by atomic mass is 35.5. The molecule has 88 valence electrons. The fourth-order valence-corrected chi connectivity index (χ4v) is 0.923. The molecule has 0 amide bonds. The largest absolute Gasteiger partial charge is 0.508 e. The second-order valence-electron chi connectivity index (χ2n) is 2.68. The molecule has 0 bridgehead atoms. The number of benzene rings is 1. The number of rotatable bonds is 3. The maximum Gasteiger partial charge on any atom is 0.349 e. The van der Waals surface area contributed by atoms with Gasteiger partial charge in [-0.25, -0.2) is 9.79 Å². The van der Waals surface area contributed by atoms with E-state index < -0.39 is 5.97 Å². The second-order valence-corrected chi connectivity index (χ2v) is 2.68. The molecule has 5 nitrogen and oxygen atoms in total. The molecule has 16 heavy (non-hydrogen) atoms. The van der Waals surface area contributed by atoms with Crippen LogP contribution in [0.2, 0.25) is 0 Å². The van der Waals surface area contributed by atoms with Gasteiger partial charge in [0.2, 0.25) is 0 Å². The summed E-state index contributed by atoms with van der Waals surface area (Å²) in [5.74, 6) is -0.844. The SMILES string of the molecule is CCOC(=O)C=Nc1ccc(O)cc1O.Cl. The van der Waals surface area contributed by atoms with E-state index in [1.165, 1.54) is 12.1 Å².